The zero-order chi connectivity index (χ0) is 22.8. The van der Waals surface area contributed by atoms with Crippen molar-refractivity contribution in [1.29, 1.82) is 0 Å². The molecule has 0 fully saturated rings. The van der Waals surface area contributed by atoms with Crippen LogP contribution in [0.1, 0.15) is 21.5 Å². The summed E-state index contributed by atoms with van der Waals surface area (Å²) >= 11 is 0. The summed E-state index contributed by atoms with van der Waals surface area (Å²) in [5.41, 5.74) is 0.150. The summed E-state index contributed by atoms with van der Waals surface area (Å²) in [4.78, 5) is 15.9. The third kappa shape index (κ3) is 5.21. The Labute approximate surface area is 176 Å². The lowest BCUT2D eigenvalue weighted by Crippen LogP contribution is -2.12. The molecule has 0 unspecified atom stereocenters. The molecular formula is C21H16F3NO5S. The fourth-order valence-corrected chi connectivity index (χ4v) is 3.50. The van der Waals surface area contributed by atoms with Crippen LogP contribution in [0.2, 0.25) is 0 Å². The fraction of sp³-hybridized carbons (Fsp3) is 0.143. The molecule has 1 aromatic heterocycles. The van der Waals surface area contributed by atoms with Gasteiger partial charge in [0.15, 0.2) is 0 Å². The first-order valence-electron chi connectivity index (χ1n) is 8.79. The van der Waals surface area contributed by atoms with Gasteiger partial charge >= 0.3 is 22.3 Å². The molecule has 10 heteroatoms. The Morgan fingerprint density at radius 1 is 0.968 bits per heavy atom. The quantitative estimate of drug-likeness (QED) is 0.416. The van der Waals surface area contributed by atoms with Crippen LogP contribution < -0.4 is 4.18 Å². The van der Waals surface area contributed by atoms with Crippen molar-refractivity contribution in [3.8, 4) is 17.1 Å². The number of carbonyl (C=O) groups excluding carboxylic acids is 1. The topological polar surface area (TPSA) is 82.6 Å². The molecule has 6 nitrogen and oxygen atoms in total. The molecule has 31 heavy (non-hydrogen) atoms. The Kier molecular flexibility index (Phi) is 6.03. The summed E-state index contributed by atoms with van der Waals surface area (Å²) in [6, 6.07) is 12.2. The first kappa shape index (κ1) is 22.3. The second-order valence-corrected chi connectivity index (χ2v) is 8.04. The molecule has 0 aliphatic rings. The monoisotopic (exact) mass is 451 g/mol. The molecule has 0 bridgehead atoms. The maximum absolute atomic E-state index is 12.8. The van der Waals surface area contributed by atoms with Crippen LogP contribution in [0.3, 0.4) is 0 Å². The first-order valence-corrected chi connectivity index (χ1v) is 10.2. The minimum absolute atomic E-state index is 0.0331. The summed E-state index contributed by atoms with van der Waals surface area (Å²) in [5, 5.41) is 0. The number of aryl methyl sites for hydroxylation is 1. The molecule has 3 aromatic rings. The van der Waals surface area contributed by atoms with Gasteiger partial charge in [-0.3, -0.25) is 0 Å². The van der Waals surface area contributed by atoms with Gasteiger partial charge in [-0.2, -0.15) is 21.6 Å². The second kappa shape index (κ2) is 8.38. The Bertz CT molecular complexity index is 1210. The van der Waals surface area contributed by atoms with E-state index in [1.54, 1.807) is 19.1 Å². The van der Waals surface area contributed by atoms with Gasteiger partial charge in [-0.15, -0.1) is 0 Å². The van der Waals surface area contributed by atoms with Crippen molar-refractivity contribution >= 4 is 16.1 Å². The smallest absolute Gasteiger partial charge is 0.416 e. The molecule has 2 aromatic carbocycles. The van der Waals surface area contributed by atoms with E-state index in [0.717, 1.165) is 43.0 Å². The van der Waals surface area contributed by atoms with Crippen LogP contribution in [0.4, 0.5) is 13.2 Å². The van der Waals surface area contributed by atoms with Crippen LogP contribution in [-0.2, 0) is 21.0 Å². The number of halogens is 3. The van der Waals surface area contributed by atoms with Crippen molar-refractivity contribution in [3.05, 3.63) is 77.4 Å². The lowest BCUT2D eigenvalue weighted by molar-refractivity contribution is -0.137. The molecule has 0 aliphatic carbocycles. The Hall–Kier alpha value is -3.40. The average molecular weight is 451 g/mol. The van der Waals surface area contributed by atoms with E-state index in [0.29, 0.717) is 0 Å². The standard InChI is InChI=1S/C21H16F3NO5S/c1-13-3-9-17(10-4-13)31(27,28)30-19-12-15(20(26)29-2)11-18(25-19)14-5-7-16(8-6-14)21(22,23)24/h3-12H,1-2H3. The van der Waals surface area contributed by atoms with E-state index in [2.05, 4.69) is 9.72 Å². The average Bonchev–Trinajstić information content (AvgIpc) is 2.72. The third-order valence-corrected chi connectivity index (χ3v) is 5.48. The van der Waals surface area contributed by atoms with Gasteiger partial charge in [-0.05, 0) is 37.3 Å². The number of hydrogen-bond donors (Lipinski definition) is 0. The fourth-order valence-electron chi connectivity index (χ4n) is 2.63. The summed E-state index contributed by atoms with van der Waals surface area (Å²) in [6.07, 6.45) is -4.52. The van der Waals surface area contributed by atoms with E-state index in [1.165, 1.54) is 18.2 Å². The lowest BCUT2D eigenvalue weighted by Gasteiger charge is -2.11. The minimum Gasteiger partial charge on any atom is -0.465 e. The number of methoxy groups -OCH3 is 1. The number of nitrogens with zero attached hydrogens (tertiary/aromatic N) is 1. The highest BCUT2D eigenvalue weighted by Crippen LogP contribution is 2.31. The molecule has 0 amide bonds. The van der Waals surface area contributed by atoms with Crippen molar-refractivity contribution in [2.75, 3.05) is 7.11 Å². The van der Waals surface area contributed by atoms with E-state index in [4.69, 9.17) is 4.18 Å². The van der Waals surface area contributed by atoms with E-state index < -0.39 is 33.7 Å². The van der Waals surface area contributed by atoms with Crippen molar-refractivity contribution in [2.45, 2.75) is 18.0 Å². The Balaban J connectivity index is 2.03. The normalized spacial score (nSPS) is 11.8. The highest BCUT2D eigenvalue weighted by Gasteiger charge is 2.30. The maximum atomic E-state index is 12.8. The van der Waals surface area contributed by atoms with E-state index in [9.17, 15) is 26.4 Å². The SMILES string of the molecule is COC(=O)c1cc(OS(=O)(=O)c2ccc(C)cc2)nc(-c2ccc(C(F)(F)F)cc2)c1. The molecular weight excluding hydrogens is 435 g/mol. The largest absolute Gasteiger partial charge is 0.465 e. The zero-order valence-electron chi connectivity index (χ0n) is 16.3. The molecule has 1 heterocycles. The predicted molar refractivity (Wildman–Crippen MR) is 105 cm³/mol. The number of alkyl halides is 3. The number of aromatic nitrogens is 1. The van der Waals surface area contributed by atoms with Crippen LogP contribution in [0.25, 0.3) is 11.3 Å². The molecule has 0 saturated carbocycles. The van der Waals surface area contributed by atoms with Crippen LogP contribution in [0, 0.1) is 6.92 Å². The Morgan fingerprint density at radius 3 is 2.13 bits per heavy atom. The van der Waals surface area contributed by atoms with Crippen LogP contribution in [0.15, 0.2) is 65.6 Å². The number of esters is 1. The number of hydrogen-bond acceptors (Lipinski definition) is 6. The molecule has 0 spiro atoms. The predicted octanol–water partition coefficient (Wildman–Crippen LogP) is 4.63. The van der Waals surface area contributed by atoms with Gasteiger partial charge < -0.3 is 8.92 Å². The van der Waals surface area contributed by atoms with Crippen molar-refractivity contribution in [2.24, 2.45) is 0 Å². The van der Waals surface area contributed by atoms with Crippen molar-refractivity contribution in [1.82, 2.24) is 4.98 Å². The van der Waals surface area contributed by atoms with E-state index >= 15 is 0 Å². The van der Waals surface area contributed by atoms with Gasteiger partial charge in [0.1, 0.15) is 4.90 Å². The second-order valence-electron chi connectivity index (χ2n) is 6.50. The number of rotatable bonds is 5. The molecule has 0 saturated heterocycles. The van der Waals surface area contributed by atoms with Gasteiger partial charge in [0.05, 0.1) is 23.9 Å². The van der Waals surface area contributed by atoms with Gasteiger partial charge in [0.25, 0.3) is 0 Å². The van der Waals surface area contributed by atoms with Gasteiger partial charge in [-0.25, -0.2) is 9.78 Å². The van der Waals surface area contributed by atoms with E-state index in [-0.39, 0.29) is 21.7 Å². The van der Waals surface area contributed by atoms with E-state index in [1.807, 2.05) is 0 Å². The molecule has 0 atom stereocenters. The van der Waals surface area contributed by atoms with Crippen molar-refractivity contribution in [3.63, 3.8) is 0 Å². The zero-order valence-corrected chi connectivity index (χ0v) is 17.1. The van der Waals surface area contributed by atoms with Gasteiger partial charge in [0, 0.05) is 11.6 Å². The number of ether oxygens (including phenoxy) is 1. The van der Waals surface area contributed by atoms with Crippen LogP contribution in [0.5, 0.6) is 5.88 Å². The highest BCUT2D eigenvalue weighted by atomic mass is 32.2. The molecule has 162 valence electrons. The summed E-state index contributed by atoms with van der Waals surface area (Å²) < 4.78 is 73.3. The van der Waals surface area contributed by atoms with Crippen molar-refractivity contribution < 1.29 is 35.3 Å². The molecule has 3 rings (SSSR count). The van der Waals surface area contributed by atoms with Gasteiger partial charge in [0.2, 0.25) is 5.88 Å². The highest BCUT2D eigenvalue weighted by molar-refractivity contribution is 7.87. The number of benzene rings is 2. The number of carbonyl (C=O) groups is 1. The lowest BCUT2D eigenvalue weighted by atomic mass is 10.1. The first-order chi connectivity index (χ1) is 14.5. The minimum atomic E-state index is -4.52. The Morgan fingerprint density at radius 2 is 1.58 bits per heavy atom. The third-order valence-electron chi connectivity index (χ3n) is 4.24. The van der Waals surface area contributed by atoms with Gasteiger partial charge in [-0.1, -0.05) is 29.8 Å². The molecule has 0 radical (unpaired) electrons. The maximum Gasteiger partial charge on any atom is 0.416 e. The number of pyridine rings is 1. The van der Waals surface area contributed by atoms with Crippen LogP contribution in [-0.4, -0.2) is 26.5 Å². The van der Waals surface area contributed by atoms with Crippen LogP contribution >= 0.6 is 0 Å². The summed E-state index contributed by atoms with van der Waals surface area (Å²) in [7, 11) is -3.14. The summed E-state index contributed by atoms with van der Waals surface area (Å²) in [5.74, 6) is -1.23. The summed E-state index contributed by atoms with van der Waals surface area (Å²) in [6.45, 7) is 1.79. The molecule has 0 N–H and O–H groups in total. The molecule has 0 aliphatic heterocycles.